The van der Waals surface area contributed by atoms with Crippen molar-refractivity contribution < 1.29 is 24.5 Å². The van der Waals surface area contributed by atoms with Gasteiger partial charge in [-0.05, 0) is 31.4 Å². The zero-order chi connectivity index (χ0) is 20.3. The fraction of sp³-hybridized carbons (Fsp3) is 0.444. The molecule has 150 valence electrons. The SMILES string of the molecule is Cc1cnc(N2CCC3(CC2)OCCc2sc(C(=O)O)cc23)nc1N.O=CO. The summed E-state index contributed by atoms with van der Waals surface area (Å²) in [7, 11) is 0. The van der Waals surface area contributed by atoms with Crippen LogP contribution in [0.2, 0.25) is 0 Å². The molecular weight excluding hydrogens is 384 g/mol. The molecule has 0 aliphatic carbocycles. The number of carbonyl (C=O) groups is 2. The number of hydrogen-bond donors (Lipinski definition) is 3. The summed E-state index contributed by atoms with van der Waals surface area (Å²) >= 11 is 1.38. The molecule has 0 aromatic carbocycles. The van der Waals surface area contributed by atoms with Crippen LogP contribution in [0.5, 0.6) is 0 Å². The summed E-state index contributed by atoms with van der Waals surface area (Å²) in [5.74, 6) is 0.284. The number of fused-ring (bicyclic) bond motifs is 2. The smallest absolute Gasteiger partial charge is 0.345 e. The van der Waals surface area contributed by atoms with Crippen LogP contribution in [0.4, 0.5) is 11.8 Å². The molecule has 0 bridgehead atoms. The summed E-state index contributed by atoms with van der Waals surface area (Å²) in [5.41, 5.74) is 7.45. The first-order valence-electron chi connectivity index (χ1n) is 8.82. The minimum absolute atomic E-state index is 0.250. The van der Waals surface area contributed by atoms with Crippen LogP contribution in [0.3, 0.4) is 0 Å². The molecule has 10 heteroatoms. The number of carboxylic acids is 1. The number of aryl methyl sites for hydroxylation is 1. The van der Waals surface area contributed by atoms with Gasteiger partial charge in [0.15, 0.2) is 0 Å². The third kappa shape index (κ3) is 3.78. The molecule has 0 radical (unpaired) electrons. The minimum atomic E-state index is -0.865. The molecule has 0 unspecified atom stereocenters. The molecule has 1 saturated heterocycles. The lowest BCUT2D eigenvalue weighted by molar-refractivity contribution is -0.122. The molecule has 2 aromatic rings. The van der Waals surface area contributed by atoms with Crippen molar-refractivity contribution in [1.82, 2.24) is 9.97 Å². The number of aromatic nitrogens is 2. The molecule has 28 heavy (non-hydrogen) atoms. The summed E-state index contributed by atoms with van der Waals surface area (Å²) < 4.78 is 6.17. The van der Waals surface area contributed by atoms with Gasteiger partial charge in [0.25, 0.3) is 6.47 Å². The zero-order valence-electron chi connectivity index (χ0n) is 15.4. The molecule has 9 nitrogen and oxygen atoms in total. The lowest BCUT2D eigenvalue weighted by Gasteiger charge is -2.44. The lowest BCUT2D eigenvalue weighted by atomic mass is 9.82. The average Bonchev–Trinajstić information content (AvgIpc) is 3.12. The lowest BCUT2D eigenvalue weighted by Crippen LogP contribution is -2.46. The third-order valence-electron chi connectivity index (χ3n) is 5.07. The maximum Gasteiger partial charge on any atom is 0.345 e. The van der Waals surface area contributed by atoms with E-state index >= 15 is 0 Å². The summed E-state index contributed by atoms with van der Waals surface area (Å²) in [6.45, 7) is 3.78. The van der Waals surface area contributed by atoms with Gasteiger partial charge in [-0.25, -0.2) is 9.78 Å². The maximum atomic E-state index is 11.3. The maximum absolute atomic E-state index is 11.3. The molecular formula is C18H22N4O5S. The van der Waals surface area contributed by atoms with Gasteiger partial charge in [0, 0.05) is 36.1 Å². The largest absolute Gasteiger partial charge is 0.483 e. The standard InChI is InChI=1S/C17H20N4O3S.CH2O2/c1-10-9-19-16(20-14(10)18)21-5-3-17(4-6-21)11-8-13(15(22)23)25-12(11)2-7-24-17;2-1-3/h8-9H,2-7H2,1H3,(H,22,23)(H2,18,19,20);1H,(H,2,3). The number of rotatable bonds is 2. The Morgan fingerprint density at radius 3 is 2.71 bits per heavy atom. The van der Waals surface area contributed by atoms with Crippen LogP contribution in [0.1, 0.15) is 38.5 Å². The van der Waals surface area contributed by atoms with E-state index in [1.165, 1.54) is 11.3 Å². The molecule has 1 spiro atoms. The van der Waals surface area contributed by atoms with Gasteiger partial charge in [-0.1, -0.05) is 0 Å². The Morgan fingerprint density at radius 2 is 2.11 bits per heavy atom. The van der Waals surface area contributed by atoms with Crippen LogP contribution in [0.15, 0.2) is 12.3 Å². The zero-order valence-corrected chi connectivity index (χ0v) is 16.2. The number of anilines is 2. The highest BCUT2D eigenvalue weighted by Gasteiger charge is 2.42. The van der Waals surface area contributed by atoms with E-state index < -0.39 is 5.97 Å². The van der Waals surface area contributed by atoms with Crippen molar-refractivity contribution >= 4 is 35.5 Å². The molecule has 2 aliphatic heterocycles. The molecule has 4 rings (SSSR count). The van der Waals surface area contributed by atoms with Crippen molar-refractivity contribution in [1.29, 1.82) is 0 Å². The second-order valence-corrected chi connectivity index (χ2v) is 7.81. The van der Waals surface area contributed by atoms with E-state index in [1.807, 2.05) is 6.92 Å². The second-order valence-electron chi connectivity index (χ2n) is 6.68. The summed E-state index contributed by atoms with van der Waals surface area (Å²) in [6, 6.07) is 1.80. The highest BCUT2D eigenvalue weighted by Crippen LogP contribution is 2.44. The second kappa shape index (κ2) is 8.11. The number of nitrogens with two attached hydrogens (primary N) is 1. The van der Waals surface area contributed by atoms with Crippen LogP contribution >= 0.6 is 11.3 Å². The van der Waals surface area contributed by atoms with Gasteiger partial charge in [0.05, 0.1) is 12.2 Å². The van der Waals surface area contributed by atoms with Crippen molar-refractivity contribution in [2.24, 2.45) is 0 Å². The van der Waals surface area contributed by atoms with E-state index in [-0.39, 0.29) is 12.1 Å². The third-order valence-corrected chi connectivity index (χ3v) is 6.25. The van der Waals surface area contributed by atoms with Crippen LogP contribution in [0, 0.1) is 6.92 Å². The first kappa shape index (κ1) is 20.0. The van der Waals surface area contributed by atoms with Crippen molar-refractivity contribution in [2.45, 2.75) is 31.8 Å². The Morgan fingerprint density at radius 1 is 1.43 bits per heavy atom. The normalized spacial score (nSPS) is 17.4. The molecule has 0 saturated carbocycles. The topological polar surface area (TPSA) is 139 Å². The number of nitrogen functional groups attached to an aromatic ring is 1. The number of piperidine rings is 1. The number of carboxylic acid groups (broad SMARTS) is 2. The number of nitrogens with zero attached hydrogens (tertiary/aromatic N) is 3. The van der Waals surface area contributed by atoms with Gasteiger partial charge in [-0.3, -0.25) is 4.79 Å². The molecule has 1 fully saturated rings. The van der Waals surface area contributed by atoms with Gasteiger partial charge in [-0.2, -0.15) is 4.98 Å². The highest BCUT2D eigenvalue weighted by atomic mass is 32.1. The Kier molecular flexibility index (Phi) is 5.80. The number of ether oxygens (including phenoxy) is 1. The highest BCUT2D eigenvalue weighted by molar-refractivity contribution is 7.14. The van der Waals surface area contributed by atoms with Gasteiger partial charge in [-0.15, -0.1) is 11.3 Å². The van der Waals surface area contributed by atoms with Crippen molar-refractivity contribution in [3.05, 3.63) is 33.1 Å². The molecule has 4 N–H and O–H groups in total. The molecule has 4 heterocycles. The van der Waals surface area contributed by atoms with E-state index in [0.29, 0.717) is 23.3 Å². The molecule has 0 atom stereocenters. The Bertz CT molecular complexity index is 877. The van der Waals surface area contributed by atoms with E-state index in [2.05, 4.69) is 14.9 Å². The van der Waals surface area contributed by atoms with Gasteiger partial charge in [0.1, 0.15) is 10.7 Å². The van der Waals surface area contributed by atoms with Gasteiger partial charge in [0.2, 0.25) is 5.95 Å². The van der Waals surface area contributed by atoms with Crippen LogP contribution < -0.4 is 10.6 Å². The molecule has 0 amide bonds. The first-order valence-corrected chi connectivity index (χ1v) is 9.64. The molecule has 2 aliphatic rings. The number of thiophene rings is 1. The van der Waals surface area contributed by atoms with E-state index in [1.54, 1.807) is 12.3 Å². The van der Waals surface area contributed by atoms with E-state index in [9.17, 15) is 9.90 Å². The predicted molar refractivity (Wildman–Crippen MR) is 104 cm³/mol. The van der Waals surface area contributed by atoms with Gasteiger partial charge < -0.3 is 25.6 Å². The van der Waals surface area contributed by atoms with Crippen molar-refractivity contribution in [3.8, 4) is 0 Å². The summed E-state index contributed by atoms with van der Waals surface area (Å²) in [4.78, 5) is 32.1. The Balaban J connectivity index is 0.000000706. The average molecular weight is 406 g/mol. The monoisotopic (exact) mass is 406 g/mol. The number of hydrogen-bond acceptors (Lipinski definition) is 8. The van der Waals surface area contributed by atoms with Crippen molar-refractivity contribution in [2.75, 3.05) is 30.3 Å². The first-order chi connectivity index (χ1) is 13.4. The molecule has 2 aromatic heterocycles. The fourth-order valence-electron chi connectivity index (χ4n) is 3.60. The quantitative estimate of drug-likeness (QED) is 0.638. The van der Waals surface area contributed by atoms with Gasteiger partial charge >= 0.3 is 5.97 Å². The van der Waals surface area contributed by atoms with E-state index in [4.69, 9.17) is 20.4 Å². The fourth-order valence-corrected chi connectivity index (χ4v) is 4.67. The van der Waals surface area contributed by atoms with Crippen molar-refractivity contribution in [3.63, 3.8) is 0 Å². The summed E-state index contributed by atoms with van der Waals surface area (Å²) in [6.07, 6.45) is 4.10. The summed E-state index contributed by atoms with van der Waals surface area (Å²) in [5, 5.41) is 16.2. The Labute approximate surface area is 165 Å². The van der Waals surface area contributed by atoms with Crippen LogP contribution in [0.25, 0.3) is 0 Å². The minimum Gasteiger partial charge on any atom is -0.483 e. The number of aromatic carboxylic acids is 1. The van der Waals surface area contributed by atoms with E-state index in [0.717, 1.165) is 48.4 Å². The van der Waals surface area contributed by atoms with Crippen LogP contribution in [-0.4, -0.2) is 52.3 Å². The van der Waals surface area contributed by atoms with Crippen LogP contribution in [-0.2, 0) is 21.6 Å². The predicted octanol–water partition coefficient (Wildman–Crippen LogP) is 1.90. The Hall–Kier alpha value is -2.72.